The van der Waals surface area contributed by atoms with Gasteiger partial charge < -0.3 is 15.3 Å². The number of benzene rings is 2. The fraction of sp³-hybridized carbons (Fsp3) is 0.488. The number of piperidine rings is 2. The highest BCUT2D eigenvalue weighted by molar-refractivity contribution is 7.18. The zero-order valence-electron chi connectivity index (χ0n) is 32.4. The molecule has 5 heterocycles. The number of carbonyl (C=O) groups excluding carboxylic acids is 3. The number of aromatic nitrogens is 5. The van der Waals surface area contributed by atoms with Crippen LogP contribution in [0.2, 0.25) is 0 Å². The first-order valence-electron chi connectivity index (χ1n) is 19.7. The number of nitrogens with zero attached hydrogens (tertiary/aromatic N) is 6. The number of fused-ring (bicyclic) bond motifs is 2. The van der Waals surface area contributed by atoms with Gasteiger partial charge in [-0.25, -0.2) is 19.7 Å². The molecule has 8 rings (SSSR count). The Bertz CT molecular complexity index is 2470. The van der Waals surface area contributed by atoms with Gasteiger partial charge in [-0.05, 0) is 114 Å². The lowest BCUT2D eigenvalue weighted by Crippen LogP contribution is -2.44. The summed E-state index contributed by atoms with van der Waals surface area (Å²) in [5.74, 6) is -1.91. The number of aliphatic hydroxyl groups is 1. The lowest BCUT2D eigenvalue weighted by molar-refractivity contribution is -0.145. The van der Waals surface area contributed by atoms with Crippen LogP contribution in [0.15, 0.2) is 47.4 Å². The number of hydrogen-bond acceptors (Lipinski definition) is 10. The number of imidazole rings is 1. The Kier molecular flexibility index (Phi) is 10.5. The molecule has 3 aromatic heterocycles. The smallest absolute Gasteiger partial charge is 0.386 e. The van der Waals surface area contributed by atoms with Crippen LogP contribution < -0.4 is 16.3 Å². The number of imide groups is 1. The van der Waals surface area contributed by atoms with Gasteiger partial charge in [-0.15, -0.1) is 11.3 Å². The van der Waals surface area contributed by atoms with Crippen LogP contribution in [0, 0.1) is 5.92 Å². The van der Waals surface area contributed by atoms with Gasteiger partial charge in [0.1, 0.15) is 11.7 Å². The summed E-state index contributed by atoms with van der Waals surface area (Å²) in [5, 5.41) is 17.0. The van der Waals surface area contributed by atoms with Crippen molar-refractivity contribution in [2.45, 2.75) is 94.9 Å². The molecule has 2 aromatic carbocycles. The SMILES string of the molecule is Cn1c(=O)n(C2CCC(=O)NC2=O)c2cccc(C3CCN(CC4CCC(c5nc6cc(C(C)(C)O)c(NC(=O)c7ccnc(C(F)(F)F)n7)cc6s5)CC4)CC3)c21. The Morgan fingerprint density at radius 2 is 1.72 bits per heavy atom. The van der Waals surface area contributed by atoms with Gasteiger partial charge in [-0.2, -0.15) is 13.2 Å². The molecule has 0 bridgehead atoms. The van der Waals surface area contributed by atoms with Crippen molar-refractivity contribution in [3.8, 4) is 0 Å². The number of para-hydroxylation sites is 1. The van der Waals surface area contributed by atoms with Crippen molar-refractivity contribution in [2.24, 2.45) is 13.0 Å². The third kappa shape index (κ3) is 7.78. The molecule has 0 spiro atoms. The molecule has 1 aliphatic carbocycles. The van der Waals surface area contributed by atoms with E-state index in [0.717, 1.165) is 96.7 Å². The van der Waals surface area contributed by atoms with E-state index in [-0.39, 0.29) is 35.5 Å². The molecule has 3 amide bonds. The van der Waals surface area contributed by atoms with Crippen molar-refractivity contribution in [1.29, 1.82) is 0 Å². The second-order valence-corrected chi connectivity index (χ2v) is 17.4. The molecular weight excluding hydrogens is 774 g/mol. The van der Waals surface area contributed by atoms with Gasteiger partial charge in [0.05, 0.1) is 31.9 Å². The molecule has 1 atom stereocenters. The van der Waals surface area contributed by atoms with E-state index in [1.807, 2.05) is 12.1 Å². The monoisotopic (exact) mass is 818 g/mol. The van der Waals surface area contributed by atoms with E-state index in [9.17, 15) is 37.5 Å². The minimum atomic E-state index is -4.80. The lowest BCUT2D eigenvalue weighted by Gasteiger charge is -2.36. The number of carbonyl (C=O) groups is 3. The standard InChI is InChI=1S/C41H45F3N8O5S/c1-40(2,57)26-19-29-32(20-28(26)46-35(54)27-13-16-45-38(48-27)41(42,43)44)58-37(47-29)24-9-7-22(8-10-24)21-51-17-14-23(15-18-51)25-5-4-6-30-34(25)50(3)39(56)52(30)31-11-12-33(53)49-36(31)55/h4-6,13,16,19-20,22-24,31,57H,7-12,14-15,17-18,21H2,1-3H3,(H,46,54)(H,49,53,55). The third-order valence-electron chi connectivity index (χ3n) is 12.0. The number of thiazole rings is 1. The van der Waals surface area contributed by atoms with Crippen molar-refractivity contribution in [1.82, 2.24) is 34.3 Å². The highest BCUT2D eigenvalue weighted by Gasteiger charge is 2.36. The summed E-state index contributed by atoms with van der Waals surface area (Å²) in [5.41, 5.74) is 1.95. The number of halogens is 3. The number of nitrogens with one attached hydrogen (secondary N) is 2. The molecule has 3 N–H and O–H groups in total. The number of anilines is 1. The second-order valence-electron chi connectivity index (χ2n) is 16.4. The van der Waals surface area contributed by atoms with E-state index in [1.54, 1.807) is 42.2 Å². The Morgan fingerprint density at radius 1 is 0.983 bits per heavy atom. The highest BCUT2D eigenvalue weighted by Crippen LogP contribution is 2.42. The van der Waals surface area contributed by atoms with Gasteiger partial charge in [0, 0.05) is 43.4 Å². The topological polar surface area (TPSA) is 164 Å². The Balaban J connectivity index is 0.897. The number of hydrogen-bond donors (Lipinski definition) is 3. The molecule has 2 saturated heterocycles. The molecule has 3 fully saturated rings. The molecular formula is C41H45F3N8O5S. The van der Waals surface area contributed by atoms with Crippen LogP contribution in [0.5, 0.6) is 0 Å². The molecule has 306 valence electrons. The fourth-order valence-electron chi connectivity index (χ4n) is 9.00. The normalized spacial score (nSPS) is 21.5. The van der Waals surface area contributed by atoms with Crippen molar-refractivity contribution in [2.75, 3.05) is 25.0 Å². The first-order chi connectivity index (χ1) is 27.5. The average Bonchev–Trinajstić information content (AvgIpc) is 3.72. The molecule has 1 saturated carbocycles. The minimum absolute atomic E-state index is 0.200. The zero-order chi connectivity index (χ0) is 41.1. The van der Waals surface area contributed by atoms with Gasteiger partial charge in [0.15, 0.2) is 0 Å². The van der Waals surface area contributed by atoms with Gasteiger partial charge in [-0.3, -0.25) is 28.8 Å². The summed E-state index contributed by atoms with van der Waals surface area (Å²) < 4.78 is 43.6. The minimum Gasteiger partial charge on any atom is -0.386 e. The van der Waals surface area contributed by atoms with E-state index < -0.39 is 41.2 Å². The average molecular weight is 819 g/mol. The lowest BCUT2D eigenvalue weighted by atomic mass is 9.81. The molecule has 0 radical (unpaired) electrons. The maximum absolute atomic E-state index is 13.5. The molecule has 17 heteroatoms. The maximum Gasteiger partial charge on any atom is 0.451 e. The number of likely N-dealkylation sites (tertiary alicyclic amines) is 1. The van der Waals surface area contributed by atoms with Gasteiger partial charge in [0.2, 0.25) is 17.6 Å². The molecule has 2 aliphatic heterocycles. The predicted molar refractivity (Wildman–Crippen MR) is 212 cm³/mol. The third-order valence-corrected chi connectivity index (χ3v) is 13.2. The van der Waals surface area contributed by atoms with Crippen molar-refractivity contribution in [3.63, 3.8) is 0 Å². The van der Waals surface area contributed by atoms with E-state index in [4.69, 9.17) is 4.98 Å². The van der Waals surface area contributed by atoms with Gasteiger partial charge in [-0.1, -0.05) is 12.1 Å². The van der Waals surface area contributed by atoms with Gasteiger partial charge >= 0.3 is 11.9 Å². The zero-order valence-corrected chi connectivity index (χ0v) is 33.3. The van der Waals surface area contributed by atoms with Crippen LogP contribution in [-0.4, -0.2) is 71.4 Å². The summed E-state index contributed by atoms with van der Waals surface area (Å²) >= 11 is 1.53. The summed E-state index contributed by atoms with van der Waals surface area (Å²) in [7, 11) is 1.75. The van der Waals surface area contributed by atoms with Gasteiger partial charge in [0.25, 0.3) is 5.91 Å². The van der Waals surface area contributed by atoms with E-state index >= 15 is 0 Å². The quantitative estimate of drug-likeness (QED) is 0.151. The summed E-state index contributed by atoms with van der Waals surface area (Å²) in [6, 6.07) is 9.78. The van der Waals surface area contributed by atoms with E-state index in [2.05, 4.69) is 31.6 Å². The largest absolute Gasteiger partial charge is 0.451 e. The molecule has 58 heavy (non-hydrogen) atoms. The first kappa shape index (κ1) is 39.8. The first-order valence-corrected chi connectivity index (χ1v) is 20.5. The van der Waals surface area contributed by atoms with Crippen LogP contribution in [0.1, 0.15) is 116 Å². The van der Waals surface area contributed by atoms with Crippen LogP contribution in [-0.2, 0) is 28.4 Å². The maximum atomic E-state index is 13.5. The van der Waals surface area contributed by atoms with Crippen LogP contribution in [0.25, 0.3) is 21.3 Å². The fourth-order valence-corrected chi connectivity index (χ4v) is 10.2. The van der Waals surface area contributed by atoms with Crippen LogP contribution in [0.3, 0.4) is 0 Å². The van der Waals surface area contributed by atoms with Crippen molar-refractivity contribution >= 4 is 56.0 Å². The summed E-state index contributed by atoms with van der Waals surface area (Å²) in [6.07, 6.45) is 2.59. The van der Waals surface area contributed by atoms with Crippen molar-refractivity contribution in [3.05, 3.63) is 80.7 Å². The Morgan fingerprint density at radius 3 is 2.41 bits per heavy atom. The molecule has 13 nitrogen and oxygen atoms in total. The Hall–Kier alpha value is -5.00. The molecule has 1 unspecified atom stereocenters. The van der Waals surface area contributed by atoms with Crippen LogP contribution in [0.4, 0.5) is 18.9 Å². The summed E-state index contributed by atoms with van der Waals surface area (Å²) in [6.45, 7) is 6.05. The number of alkyl halides is 3. The number of rotatable bonds is 8. The summed E-state index contributed by atoms with van der Waals surface area (Å²) in [4.78, 5) is 65.1. The molecule has 3 aliphatic rings. The molecule has 5 aromatic rings. The number of aryl methyl sites for hydroxylation is 1. The van der Waals surface area contributed by atoms with E-state index in [1.165, 1.54) is 11.3 Å². The predicted octanol–water partition coefficient (Wildman–Crippen LogP) is 6.37. The Labute approximate surface area is 335 Å². The highest BCUT2D eigenvalue weighted by atomic mass is 32.1. The second kappa shape index (κ2) is 15.3. The number of amides is 3. The van der Waals surface area contributed by atoms with E-state index in [0.29, 0.717) is 23.4 Å². The van der Waals surface area contributed by atoms with Crippen LogP contribution >= 0.6 is 11.3 Å². The van der Waals surface area contributed by atoms with Crippen molar-refractivity contribution < 1.29 is 32.7 Å².